The quantitative estimate of drug-likeness (QED) is 0.778. The van der Waals surface area contributed by atoms with Crippen molar-refractivity contribution < 1.29 is 13.2 Å². The van der Waals surface area contributed by atoms with Crippen molar-refractivity contribution in [3.8, 4) is 0 Å². The molecule has 5 nitrogen and oxygen atoms in total. The SMILES string of the molecule is CC(c1cccs1)N(C)CCS(=O)(=O)CCC(N)=O. The van der Waals surface area contributed by atoms with Crippen LogP contribution in [0.15, 0.2) is 17.5 Å². The van der Waals surface area contributed by atoms with Crippen LogP contribution in [0, 0.1) is 0 Å². The fraction of sp³-hybridized carbons (Fsp3) is 0.583. The number of nitrogens with two attached hydrogens (primary N) is 1. The summed E-state index contributed by atoms with van der Waals surface area (Å²) in [5.74, 6) is -0.695. The van der Waals surface area contributed by atoms with Gasteiger partial charge < -0.3 is 5.73 Å². The summed E-state index contributed by atoms with van der Waals surface area (Å²) in [7, 11) is -1.32. The van der Waals surface area contributed by atoms with E-state index in [1.54, 1.807) is 11.3 Å². The van der Waals surface area contributed by atoms with Crippen LogP contribution in [0.2, 0.25) is 0 Å². The van der Waals surface area contributed by atoms with Crippen molar-refractivity contribution in [1.82, 2.24) is 4.90 Å². The third kappa shape index (κ3) is 5.71. The number of sulfone groups is 1. The van der Waals surface area contributed by atoms with Crippen molar-refractivity contribution in [2.45, 2.75) is 19.4 Å². The van der Waals surface area contributed by atoms with E-state index in [2.05, 4.69) is 0 Å². The van der Waals surface area contributed by atoms with E-state index in [-0.39, 0.29) is 24.0 Å². The van der Waals surface area contributed by atoms with Gasteiger partial charge in [0.1, 0.15) is 0 Å². The Labute approximate surface area is 118 Å². The van der Waals surface area contributed by atoms with E-state index < -0.39 is 15.7 Å². The molecule has 1 aromatic heterocycles. The molecule has 0 bridgehead atoms. The molecule has 1 amide bonds. The van der Waals surface area contributed by atoms with Gasteiger partial charge in [0.05, 0.1) is 11.5 Å². The molecule has 0 aliphatic rings. The topological polar surface area (TPSA) is 80.5 Å². The van der Waals surface area contributed by atoms with Crippen molar-refractivity contribution in [3.05, 3.63) is 22.4 Å². The van der Waals surface area contributed by atoms with Crippen LogP contribution in [0.25, 0.3) is 0 Å². The van der Waals surface area contributed by atoms with Gasteiger partial charge in [0.2, 0.25) is 5.91 Å². The molecule has 0 aromatic carbocycles. The zero-order chi connectivity index (χ0) is 14.5. The van der Waals surface area contributed by atoms with Gasteiger partial charge in [0.15, 0.2) is 9.84 Å². The lowest BCUT2D eigenvalue weighted by Crippen LogP contribution is -2.29. The smallest absolute Gasteiger partial charge is 0.218 e. The van der Waals surface area contributed by atoms with Gasteiger partial charge in [0, 0.05) is 23.9 Å². The average molecular weight is 304 g/mol. The molecule has 0 radical (unpaired) electrons. The average Bonchev–Trinajstić information content (AvgIpc) is 2.86. The highest BCUT2D eigenvalue weighted by atomic mass is 32.2. The Hall–Kier alpha value is -0.920. The number of rotatable bonds is 8. The maximum Gasteiger partial charge on any atom is 0.218 e. The molecule has 19 heavy (non-hydrogen) atoms. The lowest BCUT2D eigenvalue weighted by atomic mass is 10.2. The number of amides is 1. The molecule has 2 N–H and O–H groups in total. The highest BCUT2D eigenvalue weighted by Gasteiger charge is 2.17. The number of nitrogens with zero attached hydrogens (tertiary/aromatic N) is 1. The number of primary amides is 1. The Balaban J connectivity index is 2.45. The first-order valence-corrected chi connectivity index (χ1v) is 8.74. The Kier molecular flexibility index (Phi) is 5.96. The first-order chi connectivity index (χ1) is 8.82. The second-order valence-corrected chi connectivity index (χ2v) is 7.82. The van der Waals surface area contributed by atoms with Gasteiger partial charge in [-0.3, -0.25) is 9.69 Å². The van der Waals surface area contributed by atoms with E-state index in [0.717, 1.165) is 0 Å². The monoisotopic (exact) mass is 304 g/mol. The first-order valence-electron chi connectivity index (χ1n) is 6.04. The highest BCUT2D eigenvalue weighted by Crippen LogP contribution is 2.23. The number of thiophene rings is 1. The van der Waals surface area contributed by atoms with E-state index in [1.165, 1.54) is 4.88 Å². The molecule has 0 saturated heterocycles. The molecule has 7 heteroatoms. The van der Waals surface area contributed by atoms with Gasteiger partial charge in [-0.25, -0.2) is 8.42 Å². The van der Waals surface area contributed by atoms with Crippen LogP contribution >= 0.6 is 11.3 Å². The third-order valence-electron chi connectivity index (χ3n) is 3.03. The molecule has 1 aromatic rings. The second kappa shape index (κ2) is 7.02. The maximum atomic E-state index is 11.7. The number of carbonyl (C=O) groups excluding carboxylic acids is 1. The molecule has 108 valence electrons. The lowest BCUT2D eigenvalue weighted by Gasteiger charge is -2.23. The van der Waals surface area contributed by atoms with E-state index >= 15 is 0 Å². The predicted molar refractivity (Wildman–Crippen MR) is 77.8 cm³/mol. The Morgan fingerprint density at radius 3 is 2.68 bits per heavy atom. The standard InChI is InChI=1S/C12H20N2O3S2/c1-10(11-4-3-7-18-11)14(2)6-9-19(16,17)8-5-12(13)15/h3-4,7,10H,5-6,8-9H2,1-2H3,(H2,13,15). The molecule has 0 aliphatic carbocycles. The zero-order valence-corrected chi connectivity index (χ0v) is 12.8. The minimum Gasteiger partial charge on any atom is -0.370 e. The molecule has 0 aliphatic heterocycles. The fourth-order valence-electron chi connectivity index (χ4n) is 1.58. The fourth-order valence-corrected chi connectivity index (χ4v) is 3.71. The van der Waals surface area contributed by atoms with Crippen LogP contribution in [0.1, 0.15) is 24.3 Å². The lowest BCUT2D eigenvalue weighted by molar-refractivity contribution is -0.117. The Morgan fingerprint density at radius 2 is 2.16 bits per heavy atom. The summed E-state index contributed by atoms with van der Waals surface area (Å²) >= 11 is 1.65. The van der Waals surface area contributed by atoms with Gasteiger partial charge >= 0.3 is 0 Å². The first kappa shape index (κ1) is 16.1. The minimum atomic E-state index is -3.21. The third-order valence-corrected chi connectivity index (χ3v) is 5.70. The predicted octanol–water partition coefficient (Wildman–Crippen LogP) is 1.03. The summed E-state index contributed by atoms with van der Waals surface area (Å²) in [6.07, 6.45) is -0.105. The summed E-state index contributed by atoms with van der Waals surface area (Å²) in [6.45, 7) is 2.49. The zero-order valence-electron chi connectivity index (χ0n) is 11.2. The summed E-state index contributed by atoms with van der Waals surface area (Å²) in [5.41, 5.74) is 4.96. The molecular weight excluding hydrogens is 284 g/mol. The van der Waals surface area contributed by atoms with Crippen LogP contribution in [-0.2, 0) is 14.6 Å². The van der Waals surface area contributed by atoms with E-state index in [1.807, 2.05) is 36.4 Å². The molecule has 1 heterocycles. The molecule has 0 fully saturated rings. The van der Waals surface area contributed by atoms with Crippen molar-refractivity contribution in [3.63, 3.8) is 0 Å². The van der Waals surface area contributed by atoms with Crippen LogP contribution in [0.5, 0.6) is 0 Å². The summed E-state index contributed by atoms with van der Waals surface area (Å²) < 4.78 is 23.4. The van der Waals surface area contributed by atoms with Gasteiger partial charge in [-0.2, -0.15) is 0 Å². The summed E-state index contributed by atoms with van der Waals surface area (Å²) in [6, 6.07) is 4.20. The van der Waals surface area contributed by atoms with Crippen LogP contribution in [0.3, 0.4) is 0 Å². The largest absolute Gasteiger partial charge is 0.370 e. The number of hydrogen-bond donors (Lipinski definition) is 1. The minimum absolute atomic E-state index is 0.0481. The number of hydrogen-bond acceptors (Lipinski definition) is 5. The van der Waals surface area contributed by atoms with E-state index in [9.17, 15) is 13.2 Å². The van der Waals surface area contributed by atoms with Crippen LogP contribution in [-0.4, -0.2) is 44.3 Å². The Morgan fingerprint density at radius 1 is 1.47 bits per heavy atom. The highest BCUT2D eigenvalue weighted by molar-refractivity contribution is 7.91. The van der Waals surface area contributed by atoms with Crippen molar-refractivity contribution >= 4 is 27.1 Å². The van der Waals surface area contributed by atoms with E-state index in [0.29, 0.717) is 6.54 Å². The molecule has 1 unspecified atom stereocenters. The van der Waals surface area contributed by atoms with E-state index in [4.69, 9.17) is 5.73 Å². The molecule has 1 rings (SSSR count). The summed E-state index contributed by atoms with van der Waals surface area (Å²) in [4.78, 5) is 13.8. The molecule has 0 spiro atoms. The van der Waals surface area contributed by atoms with Crippen LogP contribution in [0.4, 0.5) is 0 Å². The normalized spacial score (nSPS) is 13.6. The number of carbonyl (C=O) groups is 1. The van der Waals surface area contributed by atoms with Gasteiger partial charge in [0.25, 0.3) is 0 Å². The van der Waals surface area contributed by atoms with Crippen molar-refractivity contribution in [2.75, 3.05) is 25.1 Å². The molecular formula is C12H20N2O3S2. The van der Waals surface area contributed by atoms with Crippen molar-refractivity contribution in [1.29, 1.82) is 0 Å². The summed E-state index contributed by atoms with van der Waals surface area (Å²) in [5, 5.41) is 2.00. The van der Waals surface area contributed by atoms with Crippen LogP contribution < -0.4 is 5.73 Å². The maximum absolute atomic E-state index is 11.7. The van der Waals surface area contributed by atoms with Gasteiger partial charge in [-0.1, -0.05) is 6.07 Å². The second-order valence-electron chi connectivity index (χ2n) is 4.54. The van der Waals surface area contributed by atoms with Gasteiger partial charge in [-0.15, -0.1) is 11.3 Å². The van der Waals surface area contributed by atoms with Gasteiger partial charge in [-0.05, 0) is 25.4 Å². The molecule has 0 saturated carbocycles. The van der Waals surface area contributed by atoms with Crippen molar-refractivity contribution in [2.24, 2.45) is 5.73 Å². The Bertz CT molecular complexity index is 497. The molecule has 1 atom stereocenters.